The predicted octanol–water partition coefficient (Wildman–Crippen LogP) is -2.84. The molecule has 2 aliphatic heterocycles. The number of aliphatic hydroxyl groups is 6. The van der Waals surface area contributed by atoms with E-state index in [0.29, 0.717) is 6.42 Å². The predicted molar refractivity (Wildman–Crippen MR) is 106 cm³/mol. The van der Waals surface area contributed by atoms with Gasteiger partial charge in [-0.3, -0.25) is 9.59 Å². The van der Waals surface area contributed by atoms with E-state index in [1.54, 1.807) is 0 Å². The van der Waals surface area contributed by atoms with Gasteiger partial charge in [0, 0.05) is 13.3 Å². The van der Waals surface area contributed by atoms with Gasteiger partial charge in [0.2, 0.25) is 12.1 Å². The quantitative estimate of drug-likeness (QED) is 0.174. The summed E-state index contributed by atoms with van der Waals surface area (Å²) in [5.74, 6) is -3.90. The summed E-state index contributed by atoms with van der Waals surface area (Å²) in [6, 6.07) is 0. The highest BCUT2D eigenvalue weighted by Crippen LogP contribution is 2.38. The standard InChI is InChI=1S/C20H34O13/c1-4-9(2)5-13(25)31-18-15(27)12(7-22)32-20(18,8-23)33-19-17(29-10(3)24)16(28)14(26)11(6-21)30-19/h9,11-12,14-19,21-23,26-28H,4-8H2,1-3H3/t9?,11-,12-,14-,15-,16+,17-,18+,19-,20+/m1/s1. The molecule has 0 radical (unpaired) electrons. The molecule has 0 aliphatic carbocycles. The summed E-state index contributed by atoms with van der Waals surface area (Å²) in [4.78, 5) is 24.0. The molecule has 0 bridgehead atoms. The molecule has 2 heterocycles. The Hall–Kier alpha value is -1.42. The molecular weight excluding hydrogens is 448 g/mol. The van der Waals surface area contributed by atoms with Crippen molar-refractivity contribution >= 4 is 11.9 Å². The summed E-state index contributed by atoms with van der Waals surface area (Å²) in [6.07, 6.45) is -12.0. The first-order chi connectivity index (χ1) is 15.5. The van der Waals surface area contributed by atoms with Gasteiger partial charge in [-0.15, -0.1) is 0 Å². The molecule has 2 aliphatic rings. The minimum Gasteiger partial charge on any atom is -0.454 e. The maximum Gasteiger partial charge on any atom is 0.306 e. The summed E-state index contributed by atoms with van der Waals surface area (Å²) < 4.78 is 27.0. The van der Waals surface area contributed by atoms with Crippen molar-refractivity contribution < 1.29 is 63.9 Å². The van der Waals surface area contributed by atoms with Crippen molar-refractivity contribution in [1.29, 1.82) is 0 Å². The van der Waals surface area contributed by atoms with E-state index in [9.17, 15) is 40.2 Å². The molecule has 0 aromatic carbocycles. The van der Waals surface area contributed by atoms with Gasteiger partial charge in [0.25, 0.3) is 0 Å². The molecule has 33 heavy (non-hydrogen) atoms. The van der Waals surface area contributed by atoms with Crippen LogP contribution < -0.4 is 0 Å². The van der Waals surface area contributed by atoms with Crippen LogP contribution in [0.2, 0.25) is 0 Å². The molecule has 0 aromatic heterocycles. The summed E-state index contributed by atoms with van der Waals surface area (Å²) in [5, 5.41) is 60.3. The Bertz CT molecular complexity index is 660. The monoisotopic (exact) mass is 482 g/mol. The molecule has 0 saturated carbocycles. The fourth-order valence-electron chi connectivity index (χ4n) is 3.70. The zero-order valence-corrected chi connectivity index (χ0v) is 18.8. The Morgan fingerprint density at radius 1 is 1.00 bits per heavy atom. The normalized spacial score (nSPS) is 39.8. The summed E-state index contributed by atoms with van der Waals surface area (Å²) in [6.45, 7) is 2.26. The summed E-state index contributed by atoms with van der Waals surface area (Å²) in [7, 11) is 0. The molecule has 6 N–H and O–H groups in total. The van der Waals surface area contributed by atoms with Gasteiger partial charge in [0.1, 0.15) is 37.1 Å². The van der Waals surface area contributed by atoms with E-state index in [-0.39, 0.29) is 12.3 Å². The Morgan fingerprint density at radius 3 is 2.15 bits per heavy atom. The second-order valence-electron chi connectivity index (χ2n) is 8.33. The molecule has 13 nitrogen and oxygen atoms in total. The van der Waals surface area contributed by atoms with Crippen LogP contribution in [0.25, 0.3) is 0 Å². The lowest BCUT2D eigenvalue weighted by molar-refractivity contribution is -0.384. The summed E-state index contributed by atoms with van der Waals surface area (Å²) >= 11 is 0. The first-order valence-electron chi connectivity index (χ1n) is 10.8. The number of esters is 2. The van der Waals surface area contributed by atoms with Crippen LogP contribution in [-0.2, 0) is 33.3 Å². The third-order valence-corrected chi connectivity index (χ3v) is 5.79. The van der Waals surface area contributed by atoms with Gasteiger partial charge in [-0.05, 0) is 5.92 Å². The molecule has 0 aromatic rings. The number of hydrogen-bond donors (Lipinski definition) is 6. The van der Waals surface area contributed by atoms with Gasteiger partial charge in [-0.2, -0.15) is 0 Å². The van der Waals surface area contributed by atoms with Gasteiger partial charge < -0.3 is 54.3 Å². The van der Waals surface area contributed by atoms with Crippen molar-refractivity contribution in [2.24, 2.45) is 5.92 Å². The van der Waals surface area contributed by atoms with Crippen LogP contribution in [0, 0.1) is 5.92 Å². The SMILES string of the molecule is CCC(C)CC(=O)O[C@H]1[C@H](O)[C@@H](CO)O[C@@]1(CO)O[C@H]1O[C@H](CO)[C@@H](O)[C@H](O)[C@H]1OC(C)=O. The van der Waals surface area contributed by atoms with E-state index in [0.717, 1.165) is 6.92 Å². The van der Waals surface area contributed by atoms with E-state index < -0.39 is 86.6 Å². The smallest absolute Gasteiger partial charge is 0.306 e. The molecule has 10 atom stereocenters. The highest BCUT2D eigenvalue weighted by atomic mass is 16.8. The van der Waals surface area contributed by atoms with Gasteiger partial charge >= 0.3 is 11.9 Å². The Kier molecular flexibility index (Phi) is 9.96. The zero-order valence-electron chi connectivity index (χ0n) is 18.8. The maximum absolute atomic E-state index is 12.4. The molecule has 2 saturated heterocycles. The van der Waals surface area contributed by atoms with E-state index in [1.807, 2.05) is 13.8 Å². The van der Waals surface area contributed by atoms with E-state index in [2.05, 4.69) is 0 Å². The Labute approximate surface area is 190 Å². The van der Waals surface area contributed by atoms with Crippen LogP contribution in [0.1, 0.15) is 33.6 Å². The second-order valence-corrected chi connectivity index (χ2v) is 8.33. The largest absolute Gasteiger partial charge is 0.454 e. The van der Waals surface area contributed by atoms with E-state index in [4.69, 9.17) is 23.7 Å². The highest BCUT2D eigenvalue weighted by Gasteiger charge is 2.61. The minimum atomic E-state index is -2.29. The first kappa shape index (κ1) is 27.8. The Morgan fingerprint density at radius 2 is 1.64 bits per heavy atom. The molecule has 2 fully saturated rings. The number of rotatable bonds is 10. The van der Waals surface area contributed by atoms with Crippen molar-refractivity contribution in [1.82, 2.24) is 0 Å². The van der Waals surface area contributed by atoms with Crippen molar-refractivity contribution in [2.75, 3.05) is 19.8 Å². The maximum atomic E-state index is 12.4. The van der Waals surface area contributed by atoms with Crippen LogP contribution in [0.3, 0.4) is 0 Å². The van der Waals surface area contributed by atoms with Crippen molar-refractivity contribution in [3.05, 3.63) is 0 Å². The first-order valence-corrected chi connectivity index (χ1v) is 10.8. The zero-order chi connectivity index (χ0) is 24.9. The molecule has 0 amide bonds. The molecule has 0 spiro atoms. The molecule has 13 heteroatoms. The van der Waals surface area contributed by atoms with Crippen LogP contribution in [-0.4, -0.2) is 117 Å². The number of ether oxygens (including phenoxy) is 5. The van der Waals surface area contributed by atoms with Crippen LogP contribution in [0.5, 0.6) is 0 Å². The number of carbonyl (C=O) groups excluding carboxylic acids is 2. The molecule has 1 unspecified atom stereocenters. The fraction of sp³-hybridized carbons (Fsp3) is 0.900. The van der Waals surface area contributed by atoms with Crippen molar-refractivity contribution in [3.8, 4) is 0 Å². The van der Waals surface area contributed by atoms with Gasteiger partial charge in [0.15, 0.2) is 12.2 Å². The third-order valence-electron chi connectivity index (χ3n) is 5.79. The highest BCUT2D eigenvalue weighted by molar-refractivity contribution is 5.70. The van der Waals surface area contributed by atoms with E-state index >= 15 is 0 Å². The Balaban J connectivity index is 2.35. The fourth-order valence-corrected chi connectivity index (χ4v) is 3.70. The van der Waals surface area contributed by atoms with E-state index in [1.165, 1.54) is 0 Å². The minimum absolute atomic E-state index is 0.00147. The number of carbonyl (C=O) groups is 2. The van der Waals surface area contributed by atoms with Gasteiger partial charge in [-0.1, -0.05) is 20.3 Å². The lowest BCUT2D eigenvalue weighted by Gasteiger charge is -2.44. The molecular formula is C20H34O13. The summed E-state index contributed by atoms with van der Waals surface area (Å²) in [5.41, 5.74) is 0. The van der Waals surface area contributed by atoms with Gasteiger partial charge in [-0.25, -0.2) is 0 Å². The van der Waals surface area contributed by atoms with Crippen molar-refractivity contribution in [3.63, 3.8) is 0 Å². The van der Waals surface area contributed by atoms with Gasteiger partial charge in [0.05, 0.1) is 13.2 Å². The average Bonchev–Trinajstić information content (AvgIpc) is 3.04. The number of hydrogen-bond acceptors (Lipinski definition) is 13. The number of aliphatic hydroxyl groups excluding tert-OH is 6. The lowest BCUT2D eigenvalue weighted by Crippen LogP contribution is -2.64. The second kappa shape index (κ2) is 11.8. The van der Waals surface area contributed by atoms with Crippen LogP contribution in [0.4, 0.5) is 0 Å². The topological polar surface area (TPSA) is 202 Å². The average molecular weight is 482 g/mol. The molecule has 2 rings (SSSR count). The van der Waals surface area contributed by atoms with Crippen LogP contribution >= 0.6 is 0 Å². The van der Waals surface area contributed by atoms with Crippen LogP contribution in [0.15, 0.2) is 0 Å². The van der Waals surface area contributed by atoms with Crippen molar-refractivity contribution in [2.45, 2.75) is 88.4 Å². The third kappa shape index (κ3) is 6.18. The molecule has 192 valence electrons. The lowest BCUT2D eigenvalue weighted by atomic mass is 9.98.